The minimum atomic E-state index is -4.43. The van der Waals surface area contributed by atoms with Crippen LogP contribution in [0.4, 0.5) is 13.2 Å². The number of hydrogen-bond donors (Lipinski definition) is 3. The molecule has 1 fully saturated rings. The number of nitrogens with one attached hydrogen (secondary N) is 3. The summed E-state index contributed by atoms with van der Waals surface area (Å²) in [5, 5.41) is 6.54. The van der Waals surface area contributed by atoms with Crippen molar-refractivity contribution in [1.29, 1.82) is 0 Å². The van der Waals surface area contributed by atoms with Crippen LogP contribution < -0.4 is 10.6 Å². The lowest BCUT2D eigenvalue weighted by molar-refractivity contribution is -0.137. The Hall–Kier alpha value is -4.07. The Balaban J connectivity index is 1.30. The van der Waals surface area contributed by atoms with E-state index in [1.54, 1.807) is 12.1 Å². The normalized spacial score (nSPS) is 13.6. The second kappa shape index (κ2) is 8.94. The van der Waals surface area contributed by atoms with Crippen LogP contribution in [0.2, 0.25) is 0 Å². The van der Waals surface area contributed by atoms with E-state index >= 15 is 0 Å². The summed E-state index contributed by atoms with van der Waals surface area (Å²) in [7, 11) is 0. The van der Waals surface area contributed by atoms with Gasteiger partial charge in [0.05, 0.1) is 5.56 Å². The van der Waals surface area contributed by atoms with E-state index in [9.17, 15) is 22.8 Å². The SMILES string of the molecule is O=C(NCc1cccc(C(F)(F)F)c1)c1ccc(-c2cccc3[nH]c(C(=O)NC4CC4)cc23)cc1. The van der Waals surface area contributed by atoms with E-state index in [0.29, 0.717) is 16.8 Å². The Kier molecular flexibility index (Phi) is 5.80. The molecule has 5 rings (SSSR count). The third kappa shape index (κ3) is 5.06. The van der Waals surface area contributed by atoms with Gasteiger partial charge in [0, 0.05) is 29.1 Å². The number of H-pyrrole nitrogens is 1. The van der Waals surface area contributed by atoms with Gasteiger partial charge in [-0.1, -0.05) is 36.4 Å². The Morgan fingerprint density at radius 1 is 0.914 bits per heavy atom. The molecule has 0 saturated heterocycles. The lowest BCUT2D eigenvalue weighted by Gasteiger charge is -2.10. The number of aromatic amines is 1. The van der Waals surface area contributed by atoms with E-state index in [1.807, 2.05) is 36.4 Å². The highest BCUT2D eigenvalue weighted by Gasteiger charge is 2.30. The number of benzene rings is 3. The quantitative estimate of drug-likeness (QED) is 0.335. The molecule has 4 aromatic rings. The van der Waals surface area contributed by atoms with Gasteiger partial charge in [0.15, 0.2) is 0 Å². The van der Waals surface area contributed by atoms with Crippen molar-refractivity contribution >= 4 is 22.7 Å². The summed E-state index contributed by atoms with van der Waals surface area (Å²) in [4.78, 5) is 28.1. The molecule has 0 aliphatic heterocycles. The maximum atomic E-state index is 12.9. The van der Waals surface area contributed by atoms with Crippen LogP contribution in [0.5, 0.6) is 0 Å². The maximum absolute atomic E-state index is 12.9. The molecule has 1 saturated carbocycles. The summed E-state index contributed by atoms with van der Waals surface area (Å²) >= 11 is 0. The number of hydrogen-bond acceptors (Lipinski definition) is 2. The first kappa shape index (κ1) is 22.7. The van der Waals surface area contributed by atoms with Gasteiger partial charge in [-0.3, -0.25) is 9.59 Å². The fourth-order valence-electron chi connectivity index (χ4n) is 3.96. The average Bonchev–Trinajstić information content (AvgIpc) is 3.55. The third-order valence-electron chi connectivity index (χ3n) is 5.99. The maximum Gasteiger partial charge on any atom is 0.416 e. The smallest absolute Gasteiger partial charge is 0.351 e. The standard InChI is InChI=1S/C27H22F3N3O2/c28-27(29,30)19-4-1-3-16(13-19)15-31-25(34)18-9-7-17(8-10-18)21-5-2-6-23-22(21)14-24(33-23)26(35)32-20-11-12-20/h1-10,13-14,20,33H,11-12,15H2,(H,31,34)(H,32,35). The molecule has 8 heteroatoms. The highest BCUT2D eigenvalue weighted by molar-refractivity contribution is 6.03. The average molecular weight is 477 g/mol. The minimum Gasteiger partial charge on any atom is -0.351 e. The third-order valence-corrected chi connectivity index (χ3v) is 5.99. The molecule has 3 N–H and O–H groups in total. The monoisotopic (exact) mass is 477 g/mol. The van der Waals surface area contributed by atoms with Crippen molar-refractivity contribution in [2.45, 2.75) is 31.6 Å². The van der Waals surface area contributed by atoms with Gasteiger partial charge in [-0.05, 0) is 65.9 Å². The lowest BCUT2D eigenvalue weighted by atomic mass is 10.00. The van der Waals surface area contributed by atoms with Crippen LogP contribution in [-0.2, 0) is 12.7 Å². The number of fused-ring (bicyclic) bond motifs is 1. The molecule has 1 aromatic heterocycles. The van der Waals surface area contributed by atoms with Gasteiger partial charge in [0.1, 0.15) is 5.69 Å². The van der Waals surface area contributed by atoms with Crippen LogP contribution in [0.15, 0.2) is 72.8 Å². The topological polar surface area (TPSA) is 74.0 Å². The summed E-state index contributed by atoms with van der Waals surface area (Å²) in [6.07, 6.45) is -2.41. The first-order valence-corrected chi connectivity index (χ1v) is 11.3. The molecule has 1 aliphatic carbocycles. The summed E-state index contributed by atoms with van der Waals surface area (Å²) in [6.45, 7) is -0.0150. The van der Waals surface area contributed by atoms with E-state index in [0.717, 1.165) is 47.0 Å². The van der Waals surface area contributed by atoms with Gasteiger partial charge in [-0.25, -0.2) is 0 Å². The highest BCUT2D eigenvalue weighted by Crippen LogP contribution is 2.31. The van der Waals surface area contributed by atoms with Gasteiger partial charge >= 0.3 is 6.18 Å². The Labute approximate surface area is 199 Å². The molecule has 0 radical (unpaired) electrons. The van der Waals surface area contributed by atoms with Crippen LogP contribution >= 0.6 is 0 Å². The highest BCUT2D eigenvalue weighted by atomic mass is 19.4. The molecule has 1 aliphatic rings. The molecular formula is C27H22F3N3O2. The van der Waals surface area contributed by atoms with Crippen molar-refractivity contribution < 1.29 is 22.8 Å². The summed E-state index contributed by atoms with van der Waals surface area (Å²) in [5.41, 5.74) is 3.15. The van der Waals surface area contributed by atoms with Crippen molar-refractivity contribution in [3.63, 3.8) is 0 Å². The lowest BCUT2D eigenvalue weighted by Crippen LogP contribution is -2.25. The largest absolute Gasteiger partial charge is 0.416 e. The van der Waals surface area contributed by atoms with E-state index in [1.165, 1.54) is 12.1 Å². The van der Waals surface area contributed by atoms with Gasteiger partial charge in [-0.2, -0.15) is 13.2 Å². The zero-order valence-corrected chi connectivity index (χ0v) is 18.6. The Bertz CT molecular complexity index is 1400. The van der Waals surface area contributed by atoms with E-state index < -0.39 is 11.7 Å². The fraction of sp³-hybridized carbons (Fsp3) is 0.185. The van der Waals surface area contributed by atoms with Gasteiger partial charge in [-0.15, -0.1) is 0 Å². The molecule has 0 unspecified atom stereocenters. The van der Waals surface area contributed by atoms with Crippen molar-refractivity contribution in [3.8, 4) is 11.1 Å². The Morgan fingerprint density at radius 2 is 1.66 bits per heavy atom. The van der Waals surface area contributed by atoms with Crippen molar-refractivity contribution in [2.75, 3.05) is 0 Å². The van der Waals surface area contributed by atoms with Crippen LogP contribution in [0, 0.1) is 0 Å². The van der Waals surface area contributed by atoms with Crippen molar-refractivity contribution in [2.24, 2.45) is 0 Å². The molecule has 0 atom stereocenters. The molecule has 178 valence electrons. The molecule has 3 aromatic carbocycles. The van der Waals surface area contributed by atoms with E-state index in [2.05, 4.69) is 15.6 Å². The summed E-state index contributed by atoms with van der Waals surface area (Å²) < 4.78 is 38.7. The molecule has 5 nitrogen and oxygen atoms in total. The molecule has 35 heavy (non-hydrogen) atoms. The number of rotatable bonds is 6. The van der Waals surface area contributed by atoms with Crippen LogP contribution in [-0.4, -0.2) is 22.8 Å². The summed E-state index contributed by atoms with van der Waals surface area (Å²) in [6, 6.07) is 19.7. The number of aromatic nitrogens is 1. The molecule has 0 spiro atoms. The fourth-order valence-corrected chi connectivity index (χ4v) is 3.96. The first-order chi connectivity index (χ1) is 16.8. The zero-order valence-electron chi connectivity index (χ0n) is 18.6. The molecule has 0 bridgehead atoms. The van der Waals surface area contributed by atoms with Gasteiger partial charge in [0.25, 0.3) is 11.8 Å². The second-order valence-corrected chi connectivity index (χ2v) is 8.66. The van der Waals surface area contributed by atoms with E-state index in [-0.39, 0.29) is 24.4 Å². The first-order valence-electron chi connectivity index (χ1n) is 11.3. The molecular weight excluding hydrogens is 455 g/mol. The van der Waals surface area contributed by atoms with Crippen LogP contribution in [0.3, 0.4) is 0 Å². The predicted molar refractivity (Wildman–Crippen MR) is 127 cm³/mol. The molecule has 1 heterocycles. The summed E-state index contributed by atoms with van der Waals surface area (Å²) in [5.74, 6) is -0.504. The van der Waals surface area contributed by atoms with E-state index in [4.69, 9.17) is 0 Å². The number of carbonyl (C=O) groups excluding carboxylic acids is 2. The Morgan fingerprint density at radius 3 is 2.37 bits per heavy atom. The van der Waals surface area contributed by atoms with Gasteiger partial charge in [0.2, 0.25) is 0 Å². The van der Waals surface area contributed by atoms with Crippen molar-refractivity contribution in [3.05, 3.63) is 95.2 Å². The number of halogens is 3. The zero-order chi connectivity index (χ0) is 24.6. The second-order valence-electron chi connectivity index (χ2n) is 8.66. The predicted octanol–water partition coefficient (Wildman–Crippen LogP) is 5.68. The van der Waals surface area contributed by atoms with Crippen LogP contribution in [0.1, 0.15) is 44.8 Å². The van der Waals surface area contributed by atoms with Gasteiger partial charge < -0.3 is 15.6 Å². The number of alkyl halides is 3. The minimum absolute atomic E-state index is 0.0150. The number of carbonyl (C=O) groups is 2. The molecule has 2 amide bonds. The number of amides is 2. The van der Waals surface area contributed by atoms with Crippen LogP contribution in [0.25, 0.3) is 22.0 Å². The van der Waals surface area contributed by atoms with Crippen molar-refractivity contribution in [1.82, 2.24) is 15.6 Å².